The van der Waals surface area contributed by atoms with Gasteiger partial charge in [-0.15, -0.1) is 0 Å². The van der Waals surface area contributed by atoms with E-state index in [1.165, 1.54) is 24.8 Å². The maximum absolute atomic E-state index is 10.9. The molecule has 0 radical (unpaired) electrons. The summed E-state index contributed by atoms with van der Waals surface area (Å²) in [7, 11) is 0. The Morgan fingerprint density at radius 2 is 2.00 bits per heavy atom. The van der Waals surface area contributed by atoms with Crippen LogP contribution in [0.3, 0.4) is 0 Å². The summed E-state index contributed by atoms with van der Waals surface area (Å²) in [4.78, 5) is 21.8. The molecule has 102 valence electrons. The van der Waals surface area contributed by atoms with E-state index in [0.717, 1.165) is 19.4 Å². The van der Waals surface area contributed by atoms with Gasteiger partial charge in [0.05, 0.1) is 6.42 Å². The summed E-state index contributed by atoms with van der Waals surface area (Å²) in [5.41, 5.74) is 1.23. The molecule has 1 saturated heterocycles. The summed E-state index contributed by atoms with van der Waals surface area (Å²) in [6.45, 7) is 0.862. The van der Waals surface area contributed by atoms with E-state index in [9.17, 15) is 4.79 Å². The Balaban J connectivity index is 1.71. The number of anilines is 1. The van der Waals surface area contributed by atoms with Crippen LogP contribution < -0.4 is 4.90 Å². The predicted molar refractivity (Wildman–Crippen MR) is 71.2 cm³/mol. The summed E-state index contributed by atoms with van der Waals surface area (Å²) >= 11 is 0. The van der Waals surface area contributed by atoms with Crippen LogP contribution in [0.4, 0.5) is 5.95 Å². The third-order valence-corrected chi connectivity index (χ3v) is 4.28. The van der Waals surface area contributed by atoms with Crippen molar-refractivity contribution < 1.29 is 9.90 Å². The SMILES string of the molecule is O=C(O)CC1CCCN1c1ncc(C2CCC2)cn1. The zero-order valence-electron chi connectivity index (χ0n) is 11.0. The molecular formula is C14H19N3O2. The number of carboxylic acids is 1. The van der Waals surface area contributed by atoms with E-state index in [-0.39, 0.29) is 12.5 Å². The molecule has 1 aliphatic carbocycles. The van der Waals surface area contributed by atoms with Crippen LogP contribution >= 0.6 is 0 Å². The monoisotopic (exact) mass is 261 g/mol. The lowest BCUT2D eigenvalue weighted by Crippen LogP contribution is -2.32. The molecule has 0 aromatic carbocycles. The van der Waals surface area contributed by atoms with Crippen molar-refractivity contribution in [2.24, 2.45) is 0 Å². The van der Waals surface area contributed by atoms with Crippen LogP contribution in [0.15, 0.2) is 12.4 Å². The number of hydrogen-bond donors (Lipinski definition) is 1. The van der Waals surface area contributed by atoms with Crippen LogP contribution in [-0.2, 0) is 4.79 Å². The molecule has 3 rings (SSSR count). The zero-order valence-corrected chi connectivity index (χ0v) is 11.0. The van der Waals surface area contributed by atoms with Crippen LogP contribution in [0.2, 0.25) is 0 Å². The number of carboxylic acid groups (broad SMARTS) is 1. The van der Waals surface area contributed by atoms with Crippen molar-refractivity contribution in [3.05, 3.63) is 18.0 Å². The Hall–Kier alpha value is -1.65. The molecule has 1 unspecified atom stereocenters. The molecule has 1 saturated carbocycles. The number of nitrogens with zero attached hydrogens (tertiary/aromatic N) is 3. The van der Waals surface area contributed by atoms with E-state index in [4.69, 9.17) is 5.11 Å². The van der Waals surface area contributed by atoms with Gasteiger partial charge in [-0.25, -0.2) is 9.97 Å². The molecule has 1 N–H and O–H groups in total. The molecule has 0 amide bonds. The maximum Gasteiger partial charge on any atom is 0.305 e. The van der Waals surface area contributed by atoms with Crippen molar-refractivity contribution in [3.8, 4) is 0 Å². The average molecular weight is 261 g/mol. The summed E-state index contributed by atoms with van der Waals surface area (Å²) < 4.78 is 0. The van der Waals surface area contributed by atoms with Crippen molar-refractivity contribution in [1.82, 2.24) is 9.97 Å². The first-order valence-corrected chi connectivity index (χ1v) is 7.04. The van der Waals surface area contributed by atoms with E-state index in [2.05, 4.69) is 9.97 Å². The van der Waals surface area contributed by atoms with Crippen LogP contribution in [0.25, 0.3) is 0 Å². The van der Waals surface area contributed by atoms with Gasteiger partial charge in [0.25, 0.3) is 0 Å². The number of aliphatic carboxylic acids is 1. The Bertz CT molecular complexity index is 456. The van der Waals surface area contributed by atoms with Gasteiger partial charge in [0, 0.05) is 25.0 Å². The highest BCUT2D eigenvalue weighted by Gasteiger charge is 2.29. The van der Waals surface area contributed by atoms with E-state index in [0.29, 0.717) is 11.9 Å². The van der Waals surface area contributed by atoms with Crippen molar-refractivity contribution in [3.63, 3.8) is 0 Å². The highest BCUT2D eigenvalue weighted by Crippen LogP contribution is 2.36. The van der Waals surface area contributed by atoms with E-state index in [1.54, 1.807) is 0 Å². The zero-order chi connectivity index (χ0) is 13.2. The molecule has 0 spiro atoms. The minimum absolute atomic E-state index is 0.0482. The topological polar surface area (TPSA) is 66.3 Å². The molecule has 1 aromatic heterocycles. The highest BCUT2D eigenvalue weighted by molar-refractivity contribution is 5.68. The fourth-order valence-electron chi connectivity index (χ4n) is 2.94. The summed E-state index contributed by atoms with van der Waals surface area (Å²) in [5, 5.41) is 8.93. The first-order chi connectivity index (χ1) is 9.24. The predicted octanol–water partition coefficient (Wildman–Crippen LogP) is 2.19. The lowest BCUT2D eigenvalue weighted by molar-refractivity contribution is -0.137. The van der Waals surface area contributed by atoms with Gasteiger partial charge in [-0.2, -0.15) is 0 Å². The molecule has 1 atom stereocenters. The Labute approximate surface area is 112 Å². The minimum atomic E-state index is -0.747. The average Bonchev–Trinajstić information content (AvgIpc) is 2.75. The molecule has 2 heterocycles. The lowest BCUT2D eigenvalue weighted by Gasteiger charge is -2.26. The van der Waals surface area contributed by atoms with Crippen LogP contribution in [0.5, 0.6) is 0 Å². The normalized spacial score (nSPS) is 23.4. The minimum Gasteiger partial charge on any atom is -0.481 e. The van der Waals surface area contributed by atoms with Crippen LogP contribution in [-0.4, -0.2) is 33.6 Å². The summed E-state index contributed by atoms with van der Waals surface area (Å²) in [6, 6.07) is 0.0482. The molecule has 5 nitrogen and oxygen atoms in total. The number of aromatic nitrogens is 2. The fraction of sp³-hybridized carbons (Fsp3) is 0.643. The van der Waals surface area contributed by atoms with Crippen LogP contribution in [0, 0.1) is 0 Å². The third kappa shape index (κ3) is 2.55. The smallest absolute Gasteiger partial charge is 0.305 e. The van der Waals surface area contributed by atoms with Crippen molar-refractivity contribution in [1.29, 1.82) is 0 Å². The molecule has 1 aliphatic heterocycles. The van der Waals surface area contributed by atoms with Crippen molar-refractivity contribution in [2.75, 3.05) is 11.4 Å². The van der Waals surface area contributed by atoms with E-state index >= 15 is 0 Å². The molecular weight excluding hydrogens is 242 g/mol. The fourth-order valence-corrected chi connectivity index (χ4v) is 2.94. The Morgan fingerprint density at radius 1 is 1.26 bits per heavy atom. The molecule has 19 heavy (non-hydrogen) atoms. The molecule has 5 heteroatoms. The Morgan fingerprint density at radius 3 is 2.58 bits per heavy atom. The number of carbonyl (C=O) groups is 1. The third-order valence-electron chi connectivity index (χ3n) is 4.28. The van der Waals surface area contributed by atoms with Gasteiger partial charge in [-0.1, -0.05) is 6.42 Å². The van der Waals surface area contributed by atoms with Gasteiger partial charge in [0.15, 0.2) is 0 Å². The van der Waals surface area contributed by atoms with E-state index < -0.39 is 5.97 Å². The van der Waals surface area contributed by atoms with Gasteiger partial charge < -0.3 is 10.0 Å². The first-order valence-electron chi connectivity index (χ1n) is 7.04. The van der Waals surface area contributed by atoms with E-state index in [1.807, 2.05) is 17.3 Å². The van der Waals surface area contributed by atoms with Gasteiger partial charge in [-0.05, 0) is 37.2 Å². The number of hydrogen-bond acceptors (Lipinski definition) is 4. The summed E-state index contributed by atoms with van der Waals surface area (Å²) in [5.74, 6) is 0.581. The number of rotatable bonds is 4. The second-order valence-corrected chi connectivity index (χ2v) is 5.53. The quantitative estimate of drug-likeness (QED) is 0.900. The molecule has 0 bridgehead atoms. The molecule has 2 aliphatic rings. The highest BCUT2D eigenvalue weighted by atomic mass is 16.4. The van der Waals surface area contributed by atoms with Gasteiger partial charge >= 0.3 is 5.97 Å². The summed E-state index contributed by atoms with van der Waals surface area (Å²) in [6.07, 6.45) is 9.74. The lowest BCUT2D eigenvalue weighted by atomic mass is 9.81. The maximum atomic E-state index is 10.9. The van der Waals surface area contributed by atoms with Crippen LogP contribution in [0.1, 0.15) is 50.0 Å². The largest absolute Gasteiger partial charge is 0.481 e. The van der Waals surface area contributed by atoms with Gasteiger partial charge in [0.2, 0.25) is 5.95 Å². The van der Waals surface area contributed by atoms with Gasteiger partial charge in [-0.3, -0.25) is 4.79 Å². The molecule has 1 aromatic rings. The van der Waals surface area contributed by atoms with Crippen molar-refractivity contribution >= 4 is 11.9 Å². The second kappa shape index (κ2) is 5.15. The second-order valence-electron chi connectivity index (χ2n) is 5.53. The van der Waals surface area contributed by atoms with Gasteiger partial charge in [0.1, 0.15) is 0 Å². The molecule has 2 fully saturated rings. The van der Waals surface area contributed by atoms with Crippen molar-refractivity contribution in [2.45, 2.75) is 50.5 Å². The first kappa shape index (κ1) is 12.4. The standard InChI is InChI=1S/C14H19N3O2/c18-13(19)7-12-5-2-6-17(12)14-15-8-11(9-16-14)10-3-1-4-10/h8-10,12H,1-7H2,(H,18,19). The Kier molecular flexibility index (Phi) is 3.36.